The second kappa shape index (κ2) is 9.32. The Balaban J connectivity index is 1.36. The summed E-state index contributed by atoms with van der Waals surface area (Å²) in [6.45, 7) is 4.04. The molecule has 34 heavy (non-hydrogen) atoms. The summed E-state index contributed by atoms with van der Waals surface area (Å²) in [5.41, 5.74) is 0.426. The number of esters is 1. The molecular formula is C25H31FN4O3S. The molecule has 182 valence electrons. The lowest BCUT2D eigenvalue weighted by Crippen LogP contribution is -2.53. The Morgan fingerprint density at radius 1 is 1.15 bits per heavy atom. The maximum Gasteiger partial charge on any atom is 0.319 e. The highest BCUT2D eigenvalue weighted by molar-refractivity contribution is 8.00. The molecule has 4 saturated carbocycles. The minimum absolute atomic E-state index is 0.120. The Kier molecular flexibility index (Phi) is 6.39. The number of hydrogen-bond donors (Lipinski definition) is 1. The van der Waals surface area contributed by atoms with Crippen molar-refractivity contribution in [2.75, 3.05) is 6.61 Å². The number of benzene rings is 1. The first-order chi connectivity index (χ1) is 16.4. The number of carbonyl (C=O) groups excluding carboxylic acids is 2. The van der Waals surface area contributed by atoms with Crippen LogP contribution >= 0.6 is 11.8 Å². The number of thioether (sulfide) groups is 1. The van der Waals surface area contributed by atoms with Crippen molar-refractivity contribution in [2.24, 2.45) is 23.2 Å². The van der Waals surface area contributed by atoms with Crippen LogP contribution in [0.1, 0.15) is 58.2 Å². The SMILES string of the molecule is CCOC(=O)C(C)Sc1nnc(CNC(=O)C23CC4CC(CC(C4)C2)C3)n1-c1ccc(F)cc1. The summed E-state index contributed by atoms with van der Waals surface area (Å²) in [4.78, 5) is 25.6. The third-order valence-electron chi connectivity index (χ3n) is 7.61. The van der Waals surface area contributed by atoms with Gasteiger partial charge in [-0.15, -0.1) is 10.2 Å². The first-order valence-electron chi connectivity index (χ1n) is 12.2. The molecule has 0 aliphatic heterocycles. The molecule has 4 fully saturated rings. The minimum atomic E-state index is -0.488. The lowest BCUT2D eigenvalue weighted by Gasteiger charge is -2.55. The predicted octanol–water partition coefficient (Wildman–Crippen LogP) is 4.28. The van der Waals surface area contributed by atoms with E-state index in [9.17, 15) is 14.0 Å². The molecule has 1 atom stereocenters. The van der Waals surface area contributed by atoms with Crippen LogP contribution in [0.25, 0.3) is 5.69 Å². The van der Waals surface area contributed by atoms with Crippen LogP contribution in [-0.4, -0.2) is 38.5 Å². The van der Waals surface area contributed by atoms with E-state index >= 15 is 0 Å². The van der Waals surface area contributed by atoms with Gasteiger partial charge in [-0.1, -0.05) is 11.8 Å². The summed E-state index contributed by atoms with van der Waals surface area (Å²) in [6, 6.07) is 6.02. The van der Waals surface area contributed by atoms with Crippen LogP contribution in [-0.2, 0) is 20.9 Å². The van der Waals surface area contributed by atoms with Gasteiger partial charge < -0.3 is 10.1 Å². The molecule has 7 nitrogen and oxygen atoms in total. The number of carbonyl (C=O) groups is 2. The molecule has 1 aromatic carbocycles. The van der Waals surface area contributed by atoms with Crippen molar-refractivity contribution < 1.29 is 18.7 Å². The molecule has 4 aliphatic rings. The smallest absolute Gasteiger partial charge is 0.319 e. The Morgan fingerprint density at radius 2 is 1.76 bits per heavy atom. The quantitative estimate of drug-likeness (QED) is 0.443. The Bertz CT molecular complexity index is 1040. The number of ether oxygens (including phenoxy) is 1. The third-order valence-corrected chi connectivity index (χ3v) is 8.63. The van der Waals surface area contributed by atoms with Crippen LogP contribution in [0, 0.1) is 29.0 Å². The van der Waals surface area contributed by atoms with Crippen LogP contribution < -0.4 is 5.32 Å². The van der Waals surface area contributed by atoms with Gasteiger partial charge in [-0.2, -0.15) is 0 Å². The number of aromatic nitrogens is 3. The van der Waals surface area contributed by atoms with Gasteiger partial charge in [-0.3, -0.25) is 14.2 Å². The largest absolute Gasteiger partial charge is 0.465 e. The fourth-order valence-corrected chi connectivity index (χ4v) is 7.43. The van der Waals surface area contributed by atoms with Crippen molar-refractivity contribution >= 4 is 23.6 Å². The first kappa shape index (κ1) is 23.3. The van der Waals surface area contributed by atoms with Gasteiger partial charge in [0, 0.05) is 11.1 Å². The van der Waals surface area contributed by atoms with Crippen LogP contribution in [0.2, 0.25) is 0 Å². The van der Waals surface area contributed by atoms with E-state index in [2.05, 4.69) is 15.5 Å². The Morgan fingerprint density at radius 3 is 2.35 bits per heavy atom. The zero-order valence-electron chi connectivity index (χ0n) is 19.6. The molecule has 0 spiro atoms. The van der Waals surface area contributed by atoms with Crippen LogP contribution in [0.15, 0.2) is 29.4 Å². The lowest BCUT2D eigenvalue weighted by molar-refractivity contribution is -0.146. The predicted molar refractivity (Wildman–Crippen MR) is 126 cm³/mol. The summed E-state index contributed by atoms with van der Waals surface area (Å²) < 4.78 is 20.5. The molecular weight excluding hydrogens is 455 g/mol. The van der Waals surface area contributed by atoms with Crippen molar-refractivity contribution in [3.8, 4) is 5.69 Å². The van der Waals surface area contributed by atoms with Crippen molar-refractivity contribution in [1.29, 1.82) is 0 Å². The first-order valence-corrected chi connectivity index (χ1v) is 13.1. The molecule has 2 aromatic rings. The van der Waals surface area contributed by atoms with E-state index < -0.39 is 5.25 Å². The fourth-order valence-electron chi connectivity index (χ4n) is 6.54. The van der Waals surface area contributed by atoms with Crippen molar-refractivity contribution in [3.05, 3.63) is 35.9 Å². The normalized spacial score (nSPS) is 28.0. The number of amides is 1. The van der Waals surface area contributed by atoms with E-state index in [4.69, 9.17) is 4.74 Å². The minimum Gasteiger partial charge on any atom is -0.465 e. The molecule has 6 rings (SSSR count). The summed E-state index contributed by atoms with van der Waals surface area (Å²) in [5.74, 6) is 2.05. The number of nitrogens with zero attached hydrogens (tertiary/aromatic N) is 3. The van der Waals surface area contributed by atoms with Crippen LogP contribution in [0.5, 0.6) is 0 Å². The van der Waals surface area contributed by atoms with E-state index in [0.717, 1.165) is 19.3 Å². The highest BCUT2D eigenvalue weighted by Gasteiger charge is 2.54. The number of nitrogens with one attached hydrogen (secondary N) is 1. The molecule has 0 radical (unpaired) electrons. The third kappa shape index (κ3) is 4.46. The van der Waals surface area contributed by atoms with Crippen molar-refractivity contribution in [3.63, 3.8) is 0 Å². The number of rotatable bonds is 8. The molecule has 0 saturated heterocycles. The highest BCUT2D eigenvalue weighted by Crippen LogP contribution is 2.60. The van der Waals surface area contributed by atoms with E-state index in [1.165, 1.54) is 43.2 Å². The van der Waals surface area contributed by atoms with Crippen LogP contribution in [0.3, 0.4) is 0 Å². The van der Waals surface area contributed by atoms with Gasteiger partial charge in [0.15, 0.2) is 11.0 Å². The molecule has 1 amide bonds. The lowest BCUT2D eigenvalue weighted by atomic mass is 9.49. The monoisotopic (exact) mass is 486 g/mol. The van der Waals surface area contributed by atoms with E-state index in [0.29, 0.717) is 41.0 Å². The van der Waals surface area contributed by atoms with Crippen molar-refractivity contribution in [1.82, 2.24) is 20.1 Å². The van der Waals surface area contributed by atoms with Gasteiger partial charge in [-0.25, -0.2) is 4.39 Å². The maximum atomic E-state index is 13.6. The maximum absolute atomic E-state index is 13.6. The average molecular weight is 487 g/mol. The molecule has 9 heteroatoms. The molecule has 1 N–H and O–H groups in total. The summed E-state index contributed by atoms with van der Waals surface area (Å²) in [5, 5.41) is 11.8. The molecule has 1 aromatic heterocycles. The van der Waals surface area contributed by atoms with Gasteiger partial charge >= 0.3 is 5.97 Å². The van der Waals surface area contributed by atoms with Gasteiger partial charge in [0.25, 0.3) is 0 Å². The molecule has 4 aliphatic carbocycles. The van der Waals surface area contributed by atoms with Gasteiger partial charge in [0.05, 0.1) is 13.2 Å². The highest BCUT2D eigenvalue weighted by atomic mass is 32.2. The summed E-state index contributed by atoms with van der Waals surface area (Å²) >= 11 is 1.23. The molecule has 1 heterocycles. The molecule has 4 bridgehead atoms. The van der Waals surface area contributed by atoms with Crippen LogP contribution in [0.4, 0.5) is 4.39 Å². The van der Waals surface area contributed by atoms with E-state index in [1.807, 2.05) is 0 Å². The second-order valence-corrected chi connectivity index (χ2v) is 11.4. The second-order valence-electron chi connectivity index (χ2n) is 10.1. The Hall–Kier alpha value is -2.42. The molecule has 1 unspecified atom stereocenters. The topological polar surface area (TPSA) is 86.1 Å². The standard InChI is InChI=1S/C25H31FN4O3S/c1-3-33-22(31)15(2)34-24-29-28-21(30(24)20-6-4-19(26)5-7-20)14-27-23(32)25-11-16-8-17(12-25)10-18(9-16)13-25/h4-7,15-18H,3,8-14H2,1-2H3,(H,27,32). The zero-order chi connectivity index (χ0) is 23.9. The fraction of sp³-hybridized carbons (Fsp3) is 0.600. The van der Waals surface area contributed by atoms with Crippen molar-refractivity contribution in [2.45, 2.75) is 69.3 Å². The van der Waals surface area contributed by atoms with E-state index in [1.54, 1.807) is 30.5 Å². The van der Waals surface area contributed by atoms with Gasteiger partial charge in [0.1, 0.15) is 11.1 Å². The average Bonchev–Trinajstić information content (AvgIpc) is 3.19. The van der Waals surface area contributed by atoms with Gasteiger partial charge in [-0.05, 0) is 94.4 Å². The number of hydrogen-bond acceptors (Lipinski definition) is 6. The summed E-state index contributed by atoms with van der Waals surface area (Å²) in [7, 11) is 0. The van der Waals surface area contributed by atoms with Gasteiger partial charge in [0.2, 0.25) is 5.91 Å². The zero-order valence-corrected chi connectivity index (χ0v) is 20.4. The summed E-state index contributed by atoms with van der Waals surface area (Å²) in [6.07, 6.45) is 6.83. The van der Waals surface area contributed by atoms with E-state index in [-0.39, 0.29) is 29.7 Å². The Labute approximate surface area is 203 Å². The number of halogens is 1.